The van der Waals surface area contributed by atoms with Gasteiger partial charge in [0.25, 0.3) is 0 Å². The van der Waals surface area contributed by atoms with Crippen LogP contribution in [0.25, 0.3) is 0 Å². The molecule has 2 atom stereocenters. The fourth-order valence-electron chi connectivity index (χ4n) is 1.82. The zero-order valence-corrected chi connectivity index (χ0v) is 10.1. The number of epoxide rings is 1. The monoisotopic (exact) mass is 275 g/mol. The topological polar surface area (TPSA) is 25.4 Å². The molecule has 1 aromatic carbocycles. The van der Waals surface area contributed by atoms with E-state index >= 15 is 0 Å². The third kappa shape index (κ3) is 1.88. The molecule has 80 valence electrons. The first kappa shape index (κ1) is 10.00. The summed E-state index contributed by atoms with van der Waals surface area (Å²) in [6.07, 6.45) is 0.280. The van der Waals surface area contributed by atoms with Crippen molar-refractivity contribution in [1.29, 1.82) is 0 Å². The fraction of sp³-hybridized carbons (Fsp3) is 0.154. The minimum atomic E-state index is 0.111. The molecule has 0 aliphatic carbocycles. The second-order valence-electron chi connectivity index (χ2n) is 3.77. The molecule has 1 aromatic heterocycles. The summed E-state index contributed by atoms with van der Waals surface area (Å²) in [5.74, 6) is 0. The van der Waals surface area contributed by atoms with E-state index < -0.39 is 0 Å². The Labute approximate surface area is 102 Å². The zero-order valence-electron chi connectivity index (χ0n) is 8.51. The SMILES string of the molecule is Brc1cccc(C2OC2c2ccccc2)n1. The molecule has 0 saturated carbocycles. The third-order valence-electron chi connectivity index (χ3n) is 2.65. The molecule has 2 unspecified atom stereocenters. The Morgan fingerprint density at radius 3 is 2.50 bits per heavy atom. The average Bonchev–Trinajstić information content (AvgIpc) is 3.10. The largest absolute Gasteiger partial charge is 0.358 e. The van der Waals surface area contributed by atoms with Gasteiger partial charge >= 0.3 is 0 Å². The van der Waals surface area contributed by atoms with Crippen LogP contribution >= 0.6 is 15.9 Å². The third-order valence-corrected chi connectivity index (χ3v) is 3.09. The number of pyridine rings is 1. The van der Waals surface area contributed by atoms with Crippen LogP contribution in [0.2, 0.25) is 0 Å². The van der Waals surface area contributed by atoms with Crippen LogP contribution in [0.3, 0.4) is 0 Å². The van der Waals surface area contributed by atoms with Gasteiger partial charge in [-0.2, -0.15) is 0 Å². The van der Waals surface area contributed by atoms with Gasteiger partial charge in [-0.3, -0.25) is 0 Å². The molecule has 0 N–H and O–H groups in total. The molecule has 1 saturated heterocycles. The molecule has 0 spiro atoms. The number of benzene rings is 1. The van der Waals surface area contributed by atoms with E-state index in [1.807, 2.05) is 36.4 Å². The van der Waals surface area contributed by atoms with E-state index in [2.05, 4.69) is 33.0 Å². The van der Waals surface area contributed by atoms with Gasteiger partial charge in [-0.15, -0.1) is 0 Å². The number of ether oxygens (including phenoxy) is 1. The summed E-state index contributed by atoms with van der Waals surface area (Å²) >= 11 is 3.37. The van der Waals surface area contributed by atoms with Gasteiger partial charge in [0.05, 0.1) is 5.69 Å². The van der Waals surface area contributed by atoms with E-state index in [0.29, 0.717) is 0 Å². The minimum absolute atomic E-state index is 0.111. The molecule has 0 amide bonds. The van der Waals surface area contributed by atoms with E-state index in [1.54, 1.807) is 0 Å². The molecule has 0 bridgehead atoms. The van der Waals surface area contributed by atoms with Gasteiger partial charge in [-0.05, 0) is 33.6 Å². The Morgan fingerprint density at radius 2 is 1.75 bits per heavy atom. The van der Waals surface area contributed by atoms with Crippen molar-refractivity contribution >= 4 is 15.9 Å². The Morgan fingerprint density at radius 1 is 0.938 bits per heavy atom. The lowest BCUT2D eigenvalue weighted by Crippen LogP contribution is -1.88. The molecule has 16 heavy (non-hydrogen) atoms. The predicted octanol–water partition coefficient (Wildman–Crippen LogP) is 3.66. The molecule has 3 heteroatoms. The van der Waals surface area contributed by atoms with Gasteiger partial charge in [0, 0.05) is 0 Å². The Balaban J connectivity index is 1.82. The van der Waals surface area contributed by atoms with Crippen molar-refractivity contribution in [1.82, 2.24) is 4.98 Å². The zero-order chi connectivity index (χ0) is 11.0. The first-order valence-corrected chi connectivity index (χ1v) is 5.97. The van der Waals surface area contributed by atoms with E-state index in [1.165, 1.54) is 5.56 Å². The highest BCUT2D eigenvalue weighted by Gasteiger charge is 2.42. The Bertz CT molecular complexity index is 500. The highest BCUT2D eigenvalue weighted by atomic mass is 79.9. The van der Waals surface area contributed by atoms with Gasteiger partial charge in [-0.25, -0.2) is 4.98 Å². The highest BCUT2D eigenvalue weighted by molar-refractivity contribution is 9.10. The lowest BCUT2D eigenvalue weighted by molar-refractivity contribution is 0.375. The van der Waals surface area contributed by atoms with E-state index in [9.17, 15) is 0 Å². The molecule has 1 aliphatic heterocycles. The van der Waals surface area contributed by atoms with Crippen LogP contribution in [0, 0.1) is 0 Å². The van der Waals surface area contributed by atoms with Crippen molar-refractivity contribution < 1.29 is 4.74 Å². The Kier molecular flexibility index (Phi) is 2.50. The van der Waals surface area contributed by atoms with Crippen molar-refractivity contribution in [2.45, 2.75) is 12.2 Å². The van der Waals surface area contributed by atoms with Crippen LogP contribution in [0.4, 0.5) is 0 Å². The molecule has 1 aliphatic rings. The normalized spacial score (nSPS) is 23.1. The number of halogens is 1. The van der Waals surface area contributed by atoms with Crippen LogP contribution < -0.4 is 0 Å². The van der Waals surface area contributed by atoms with Crippen LogP contribution in [0.1, 0.15) is 23.5 Å². The first-order valence-electron chi connectivity index (χ1n) is 5.17. The van der Waals surface area contributed by atoms with Gasteiger partial charge in [0.2, 0.25) is 0 Å². The maximum Gasteiger partial charge on any atom is 0.131 e. The summed E-state index contributed by atoms with van der Waals surface area (Å²) in [6, 6.07) is 16.1. The lowest BCUT2D eigenvalue weighted by atomic mass is 10.1. The first-order chi connectivity index (χ1) is 7.84. The Hall–Kier alpha value is -1.19. The maximum absolute atomic E-state index is 5.66. The van der Waals surface area contributed by atoms with Crippen LogP contribution in [0.5, 0.6) is 0 Å². The summed E-state index contributed by atoms with van der Waals surface area (Å²) in [4.78, 5) is 4.40. The van der Waals surface area contributed by atoms with Crippen LogP contribution in [0.15, 0.2) is 53.1 Å². The number of hydrogen-bond acceptors (Lipinski definition) is 2. The summed E-state index contributed by atoms with van der Waals surface area (Å²) < 4.78 is 6.51. The van der Waals surface area contributed by atoms with Crippen molar-refractivity contribution in [3.8, 4) is 0 Å². The summed E-state index contributed by atoms with van der Waals surface area (Å²) in [6.45, 7) is 0. The number of hydrogen-bond donors (Lipinski definition) is 0. The highest BCUT2D eigenvalue weighted by Crippen LogP contribution is 2.50. The number of aromatic nitrogens is 1. The van der Waals surface area contributed by atoms with Gasteiger partial charge in [0.1, 0.15) is 16.8 Å². The quantitative estimate of drug-likeness (QED) is 0.618. The summed E-state index contributed by atoms with van der Waals surface area (Å²) in [5.41, 5.74) is 2.21. The molecule has 1 fully saturated rings. The molecule has 2 aromatic rings. The second-order valence-corrected chi connectivity index (χ2v) is 4.59. The van der Waals surface area contributed by atoms with Crippen molar-refractivity contribution in [2.24, 2.45) is 0 Å². The van der Waals surface area contributed by atoms with Gasteiger partial charge < -0.3 is 4.74 Å². The lowest BCUT2D eigenvalue weighted by Gasteiger charge is -1.96. The predicted molar refractivity (Wildman–Crippen MR) is 64.9 cm³/mol. The molecular weight excluding hydrogens is 266 g/mol. The molecule has 0 radical (unpaired) electrons. The molecule has 2 heterocycles. The van der Waals surface area contributed by atoms with Crippen molar-refractivity contribution in [3.63, 3.8) is 0 Å². The average molecular weight is 276 g/mol. The van der Waals surface area contributed by atoms with E-state index in [4.69, 9.17) is 4.74 Å². The fourth-order valence-corrected chi connectivity index (χ4v) is 2.17. The minimum Gasteiger partial charge on any atom is -0.358 e. The smallest absolute Gasteiger partial charge is 0.131 e. The summed E-state index contributed by atoms with van der Waals surface area (Å²) in [7, 11) is 0. The van der Waals surface area contributed by atoms with Gasteiger partial charge in [0.15, 0.2) is 0 Å². The molecule has 3 rings (SSSR count). The van der Waals surface area contributed by atoms with Crippen molar-refractivity contribution in [2.75, 3.05) is 0 Å². The molecule has 2 nitrogen and oxygen atoms in total. The van der Waals surface area contributed by atoms with Crippen molar-refractivity contribution in [3.05, 3.63) is 64.4 Å². The summed E-state index contributed by atoms with van der Waals surface area (Å²) in [5, 5.41) is 0. The number of nitrogens with zero attached hydrogens (tertiary/aromatic N) is 1. The number of rotatable bonds is 2. The van der Waals surface area contributed by atoms with E-state index in [0.717, 1.165) is 10.3 Å². The van der Waals surface area contributed by atoms with Crippen LogP contribution in [-0.2, 0) is 4.74 Å². The molecular formula is C13H10BrNO. The van der Waals surface area contributed by atoms with Gasteiger partial charge in [-0.1, -0.05) is 36.4 Å². The van der Waals surface area contributed by atoms with E-state index in [-0.39, 0.29) is 12.2 Å². The second kappa shape index (κ2) is 4.00. The van der Waals surface area contributed by atoms with Crippen LogP contribution in [-0.4, -0.2) is 4.98 Å². The standard InChI is InChI=1S/C13H10BrNO/c14-11-8-4-7-10(15-11)13-12(16-13)9-5-2-1-3-6-9/h1-8,12-13H. The maximum atomic E-state index is 5.66.